The van der Waals surface area contributed by atoms with Crippen molar-refractivity contribution in [3.63, 3.8) is 0 Å². The molecule has 1 fully saturated rings. The molecule has 0 atom stereocenters. The molecule has 0 amide bonds. The van der Waals surface area contributed by atoms with E-state index in [1.807, 2.05) is 11.9 Å². The molecule has 118 valence electrons. The van der Waals surface area contributed by atoms with Crippen LogP contribution in [0.2, 0.25) is 0 Å². The SMILES string of the molecule is CN1CCN(S(=O)(=O)c2ccc(N)c(C(F)(F)F)c2)CC1. The maximum absolute atomic E-state index is 12.8. The molecule has 1 saturated heterocycles. The third kappa shape index (κ3) is 3.30. The van der Waals surface area contributed by atoms with Gasteiger partial charge >= 0.3 is 6.18 Å². The highest BCUT2D eigenvalue weighted by molar-refractivity contribution is 7.89. The molecular weight excluding hydrogens is 307 g/mol. The van der Waals surface area contributed by atoms with Crippen molar-refractivity contribution in [3.8, 4) is 0 Å². The second-order valence-electron chi connectivity index (χ2n) is 4.95. The van der Waals surface area contributed by atoms with Crippen LogP contribution < -0.4 is 5.73 Å². The number of rotatable bonds is 2. The molecule has 0 radical (unpaired) electrons. The Bertz CT molecular complexity index is 623. The minimum Gasteiger partial charge on any atom is -0.398 e. The van der Waals surface area contributed by atoms with Crippen LogP contribution in [0.3, 0.4) is 0 Å². The van der Waals surface area contributed by atoms with E-state index < -0.39 is 27.5 Å². The van der Waals surface area contributed by atoms with Crippen molar-refractivity contribution in [3.05, 3.63) is 23.8 Å². The number of nitrogens with zero attached hydrogens (tertiary/aromatic N) is 2. The molecule has 9 heteroatoms. The van der Waals surface area contributed by atoms with Gasteiger partial charge in [-0.05, 0) is 25.2 Å². The van der Waals surface area contributed by atoms with Crippen LogP contribution in [0.4, 0.5) is 18.9 Å². The van der Waals surface area contributed by atoms with E-state index >= 15 is 0 Å². The quantitative estimate of drug-likeness (QED) is 0.831. The maximum Gasteiger partial charge on any atom is 0.418 e. The second-order valence-corrected chi connectivity index (χ2v) is 6.89. The second kappa shape index (κ2) is 5.47. The lowest BCUT2D eigenvalue weighted by Crippen LogP contribution is -2.47. The van der Waals surface area contributed by atoms with Gasteiger partial charge in [0.15, 0.2) is 0 Å². The van der Waals surface area contributed by atoms with Gasteiger partial charge in [-0.3, -0.25) is 0 Å². The predicted octanol–water partition coefficient (Wildman–Crippen LogP) is 1.22. The van der Waals surface area contributed by atoms with Crippen LogP contribution in [0.5, 0.6) is 0 Å². The van der Waals surface area contributed by atoms with Crippen LogP contribution in [-0.4, -0.2) is 50.8 Å². The fraction of sp³-hybridized carbons (Fsp3) is 0.500. The van der Waals surface area contributed by atoms with Crippen molar-refractivity contribution < 1.29 is 21.6 Å². The first-order valence-electron chi connectivity index (χ1n) is 6.28. The van der Waals surface area contributed by atoms with Gasteiger partial charge in [0, 0.05) is 31.9 Å². The Kier molecular flexibility index (Phi) is 4.18. The number of likely N-dealkylation sites (N-methyl/N-ethyl adjacent to an activating group) is 1. The minimum atomic E-state index is -4.68. The van der Waals surface area contributed by atoms with E-state index in [1.54, 1.807) is 0 Å². The Labute approximate surface area is 121 Å². The smallest absolute Gasteiger partial charge is 0.398 e. The zero-order chi connectivity index (χ0) is 15.8. The van der Waals surface area contributed by atoms with Gasteiger partial charge in [-0.1, -0.05) is 0 Å². The summed E-state index contributed by atoms with van der Waals surface area (Å²) in [7, 11) is -2.08. The van der Waals surface area contributed by atoms with E-state index in [0.29, 0.717) is 19.2 Å². The zero-order valence-corrected chi connectivity index (χ0v) is 12.2. The molecule has 2 N–H and O–H groups in total. The van der Waals surface area contributed by atoms with Crippen molar-refractivity contribution >= 4 is 15.7 Å². The largest absolute Gasteiger partial charge is 0.418 e. The van der Waals surface area contributed by atoms with E-state index in [4.69, 9.17) is 5.73 Å². The highest BCUT2D eigenvalue weighted by atomic mass is 32.2. The predicted molar refractivity (Wildman–Crippen MR) is 72.1 cm³/mol. The van der Waals surface area contributed by atoms with Gasteiger partial charge in [-0.25, -0.2) is 8.42 Å². The highest BCUT2D eigenvalue weighted by Crippen LogP contribution is 2.35. The van der Waals surface area contributed by atoms with Crippen LogP contribution in [0.25, 0.3) is 0 Å². The van der Waals surface area contributed by atoms with Crippen LogP contribution in [-0.2, 0) is 16.2 Å². The highest BCUT2D eigenvalue weighted by Gasteiger charge is 2.35. The Hall–Kier alpha value is -1.32. The number of halogens is 3. The summed E-state index contributed by atoms with van der Waals surface area (Å²) in [5.74, 6) is 0. The fourth-order valence-electron chi connectivity index (χ4n) is 2.12. The molecule has 2 rings (SSSR count). The summed E-state index contributed by atoms with van der Waals surface area (Å²) >= 11 is 0. The van der Waals surface area contributed by atoms with E-state index in [0.717, 1.165) is 12.1 Å². The molecule has 1 aromatic rings. The van der Waals surface area contributed by atoms with Gasteiger partial charge in [0.1, 0.15) is 0 Å². The summed E-state index contributed by atoms with van der Waals surface area (Å²) in [6.07, 6.45) is -4.68. The molecule has 0 spiro atoms. The van der Waals surface area contributed by atoms with Crippen molar-refractivity contribution in [2.24, 2.45) is 0 Å². The molecular formula is C12H16F3N3O2S. The molecule has 5 nitrogen and oxygen atoms in total. The summed E-state index contributed by atoms with van der Waals surface area (Å²) < 4.78 is 64.4. The number of sulfonamides is 1. The molecule has 1 heterocycles. The lowest BCUT2D eigenvalue weighted by molar-refractivity contribution is -0.137. The summed E-state index contributed by atoms with van der Waals surface area (Å²) in [6.45, 7) is 1.59. The van der Waals surface area contributed by atoms with Crippen molar-refractivity contribution in [2.45, 2.75) is 11.1 Å². The Morgan fingerprint density at radius 1 is 1.14 bits per heavy atom. The van der Waals surface area contributed by atoms with Crippen molar-refractivity contribution in [1.29, 1.82) is 0 Å². The van der Waals surface area contributed by atoms with Gasteiger partial charge in [-0.2, -0.15) is 17.5 Å². The Morgan fingerprint density at radius 3 is 2.24 bits per heavy atom. The van der Waals surface area contributed by atoms with Gasteiger partial charge in [0.2, 0.25) is 10.0 Å². The number of anilines is 1. The van der Waals surface area contributed by atoms with Crippen LogP contribution in [0.1, 0.15) is 5.56 Å². The number of piperazine rings is 1. The fourth-order valence-corrected chi connectivity index (χ4v) is 3.57. The van der Waals surface area contributed by atoms with Gasteiger partial charge in [-0.15, -0.1) is 0 Å². The number of nitrogens with two attached hydrogens (primary N) is 1. The van der Waals surface area contributed by atoms with Crippen LogP contribution >= 0.6 is 0 Å². The molecule has 21 heavy (non-hydrogen) atoms. The monoisotopic (exact) mass is 323 g/mol. The molecule has 0 aliphatic carbocycles. The number of benzene rings is 1. The van der Waals surface area contributed by atoms with Gasteiger partial charge in [0.05, 0.1) is 10.5 Å². The molecule has 0 bridgehead atoms. The average Bonchev–Trinajstić information content (AvgIpc) is 2.38. The molecule has 1 aliphatic rings. The standard InChI is InChI=1S/C12H16F3N3O2S/c1-17-4-6-18(7-5-17)21(19,20)9-2-3-11(16)10(8-9)12(13,14)15/h2-3,8H,4-7,16H2,1H3. The number of hydrogen-bond donors (Lipinski definition) is 1. The third-order valence-corrected chi connectivity index (χ3v) is 5.32. The van der Waals surface area contributed by atoms with E-state index in [1.165, 1.54) is 4.31 Å². The molecule has 0 aromatic heterocycles. The van der Waals surface area contributed by atoms with E-state index in [9.17, 15) is 21.6 Å². The lowest BCUT2D eigenvalue weighted by Gasteiger charge is -2.31. The van der Waals surface area contributed by atoms with Crippen molar-refractivity contribution in [1.82, 2.24) is 9.21 Å². The molecule has 0 unspecified atom stereocenters. The Morgan fingerprint density at radius 2 is 1.71 bits per heavy atom. The van der Waals surface area contributed by atoms with Crippen LogP contribution in [0, 0.1) is 0 Å². The van der Waals surface area contributed by atoms with Gasteiger partial charge in [0.25, 0.3) is 0 Å². The minimum absolute atomic E-state index is 0.255. The third-order valence-electron chi connectivity index (χ3n) is 3.43. The van der Waals surface area contributed by atoms with E-state index in [2.05, 4.69) is 0 Å². The van der Waals surface area contributed by atoms with Crippen LogP contribution in [0.15, 0.2) is 23.1 Å². The maximum atomic E-state index is 12.8. The van der Waals surface area contributed by atoms with Crippen molar-refractivity contribution in [2.75, 3.05) is 39.0 Å². The zero-order valence-electron chi connectivity index (χ0n) is 11.4. The first kappa shape index (κ1) is 16.1. The average molecular weight is 323 g/mol. The topological polar surface area (TPSA) is 66.6 Å². The molecule has 0 saturated carbocycles. The first-order valence-corrected chi connectivity index (χ1v) is 7.72. The summed E-state index contributed by atoms with van der Waals surface area (Å²) in [5, 5.41) is 0. The normalized spacial score (nSPS) is 18.9. The lowest BCUT2D eigenvalue weighted by atomic mass is 10.2. The molecule has 1 aromatic carbocycles. The number of hydrogen-bond acceptors (Lipinski definition) is 4. The number of alkyl halides is 3. The Balaban J connectivity index is 2.37. The van der Waals surface area contributed by atoms with Gasteiger partial charge < -0.3 is 10.6 Å². The summed E-state index contributed by atoms with van der Waals surface area (Å²) in [4.78, 5) is 1.57. The number of nitrogen functional groups attached to an aromatic ring is 1. The first-order chi connectivity index (χ1) is 9.62. The summed E-state index contributed by atoms with van der Waals surface area (Å²) in [5.41, 5.74) is 3.67. The van der Waals surface area contributed by atoms with E-state index in [-0.39, 0.29) is 18.0 Å². The summed E-state index contributed by atoms with van der Waals surface area (Å²) in [6, 6.07) is 2.69. The molecule has 1 aliphatic heterocycles.